The van der Waals surface area contributed by atoms with E-state index < -0.39 is 18.7 Å². The van der Waals surface area contributed by atoms with Gasteiger partial charge in [0.1, 0.15) is 5.75 Å². The average molecular weight is 259 g/mol. The van der Waals surface area contributed by atoms with Crippen molar-refractivity contribution < 1.29 is 23.0 Å². The number of aromatic nitrogens is 1. The van der Waals surface area contributed by atoms with Gasteiger partial charge in [0, 0.05) is 23.7 Å². The van der Waals surface area contributed by atoms with Crippen molar-refractivity contribution in [2.75, 3.05) is 7.11 Å². The lowest BCUT2D eigenvalue weighted by atomic mass is 10.2. The maximum absolute atomic E-state index is 12.2. The van der Waals surface area contributed by atoms with E-state index in [9.17, 15) is 13.2 Å². The lowest BCUT2D eigenvalue weighted by molar-refractivity contribution is -0.203. The van der Waals surface area contributed by atoms with Crippen molar-refractivity contribution in [3.05, 3.63) is 30.0 Å². The Morgan fingerprint density at radius 3 is 2.67 bits per heavy atom. The molecule has 2 aromatic rings. The summed E-state index contributed by atoms with van der Waals surface area (Å²) in [6, 6.07) is 6.75. The van der Waals surface area contributed by atoms with Crippen molar-refractivity contribution in [1.29, 1.82) is 0 Å². The van der Waals surface area contributed by atoms with E-state index in [1.54, 1.807) is 24.3 Å². The van der Waals surface area contributed by atoms with E-state index in [-0.39, 0.29) is 0 Å². The predicted molar refractivity (Wildman–Crippen MR) is 60.6 cm³/mol. The van der Waals surface area contributed by atoms with Crippen molar-refractivity contribution in [3.8, 4) is 5.75 Å². The number of hydrogen-bond donors (Lipinski definition) is 2. The van der Waals surface area contributed by atoms with E-state index in [4.69, 9.17) is 9.84 Å². The lowest BCUT2D eigenvalue weighted by Crippen LogP contribution is -2.30. The molecule has 2 rings (SSSR count). The number of aliphatic hydroxyl groups is 1. The minimum absolute atomic E-state index is 0.336. The Kier molecular flexibility index (Phi) is 3.21. The third-order valence-corrected chi connectivity index (χ3v) is 2.68. The van der Waals surface area contributed by atoms with Crippen LogP contribution in [0.4, 0.5) is 13.2 Å². The van der Waals surface area contributed by atoms with Crippen LogP contribution in [0.15, 0.2) is 24.3 Å². The van der Waals surface area contributed by atoms with Crippen LogP contribution < -0.4 is 4.74 Å². The summed E-state index contributed by atoms with van der Waals surface area (Å²) in [4.78, 5) is 2.83. The molecule has 1 atom stereocenters. The highest BCUT2D eigenvalue weighted by molar-refractivity contribution is 5.81. The normalized spacial score (nSPS) is 13.8. The second-order valence-electron chi connectivity index (χ2n) is 4.01. The van der Waals surface area contributed by atoms with Gasteiger partial charge in [-0.2, -0.15) is 13.2 Å². The molecule has 3 nitrogen and oxygen atoms in total. The number of rotatable bonds is 3. The number of benzene rings is 1. The van der Waals surface area contributed by atoms with Crippen LogP contribution in [0.2, 0.25) is 0 Å². The van der Waals surface area contributed by atoms with Crippen molar-refractivity contribution in [2.24, 2.45) is 0 Å². The quantitative estimate of drug-likeness (QED) is 0.890. The lowest BCUT2D eigenvalue weighted by Gasteiger charge is -2.12. The number of halogens is 3. The van der Waals surface area contributed by atoms with Crippen LogP contribution in [0.5, 0.6) is 5.75 Å². The van der Waals surface area contributed by atoms with Gasteiger partial charge in [0.25, 0.3) is 0 Å². The molecular formula is C12H12F3NO2. The third-order valence-electron chi connectivity index (χ3n) is 2.68. The first-order valence-corrected chi connectivity index (χ1v) is 5.30. The van der Waals surface area contributed by atoms with Crippen LogP contribution in [0.1, 0.15) is 5.69 Å². The first-order valence-electron chi connectivity index (χ1n) is 5.30. The van der Waals surface area contributed by atoms with Gasteiger partial charge >= 0.3 is 6.18 Å². The van der Waals surface area contributed by atoms with Crippen LogP contribution in [-0.2, 0) is 6.42 Å². The topological polar surface area (TPSA) is 45.2 Å². The fourth-order valence-corrected chi connectivity index (χ4v) is 1.73. The molecule has 0 fully saturated rings. The molecule has 1 unspecified atom stereocenters. The molecule has 0 aliphatic rings. The predicted octanol–water partition coefficient (Wildman–Crippen LogP) is 2.64. The molecule has 0 bridgehead atoms. The van der Waals surface area contributed by atoms with E-state index >= 15 is 0 Å². The van der Waals surface area contributed by atoms with Crippen molar-refractivity contribution >= 4 is 10.9 Å². The summed E-state index contributed by atoms with van der Waals surface area (Å²) in [5.41, 5.74) is 1.02. The number of alkyl halides is 3. The Morgan fingerprint density at radius 1 is 1.33 bits per heavy atom. The molecule has 0 amide bonds. The summed E-state index contributed by atoms with van der Waals surface area (Å²) in [6.07, 6.45) is -7.44. The zero-order valence-electron chi connectivity index (χ0n) is 9.58. The van der Waals surface area contributed by atoms with Crippen molar-refractivity contribution in [3.63, 3.8) is 0 Å². The van der Waals surface area contributed by atoms with Crippen LogP contribution in [0.25, 0.3) is 10.9 Å². The van der Waals surface area contributed by atoms with Crippen LogP contribution >= 0.6 is 0 Å². The summed E-state index contributed by atoms with van der Waals surface area (Å²) >= 11 is 0. The van der Waals surface area contributed by atoms with Gasteiger partial charge in [0.15, 0.2) is 6.10 Å². The van der Waals surface area contributed by atoms with Crippen molar-refractivity contribution in [2.45, 2.75) is 18.7 Å². The molecule has 2 N–H and O–H groups in total. The summed E-state index contributed by atoms with van der Waals surface area (Å²) in [5, 5.41) is 9.77. The molecule has 0 saturated carbocycles. The third kappa shape index (κ3) is 2.59. The van der Waals surface area contributed by atoms with Gasteiger partial charge in [-0.25, -0.2) is 0 Å². The molecule has 0 radical (unpaired) electrons. The number of fused-ring (bicyclic) bond motifs is 1. The first kappa shape index (κ1) is 12.8. The number of methoxy groups -OCH3 is 1. The smallest absolute Gasteiger partial charge is 0.414 e. The summed E-state index contributed by atoms with van der Waals surface area (Å²) in [5.74, 6) is 0.618. The first-order chi connectivity index (χ1) is 8.40. The largest absolute Gasteiger partial charge is 0.497 e. The Hall–Kier alpha value is -1.69. The SMILES string of the molecule is COc1ccc2cc(CC(O)C(F)(F)F)[nH]c2c1. The summed E-state index contributed by atoms with van der Waals surface area (Å²) < 4.78 is 41.7. The van der Waals surface area contributed by atoms with Crippen LogP contribution in [0.3, 0.4) is 0 Å². The van der Waals surface area contributed by atoms with Gasteiger partial charge in [-0.05, 0) is 23.6 Å². The zero-order valence-corrected chi connectivity index (χ0v) is 9.58. The molecule has 0 aliphatic heterocycles. The molecular weight excluding hydrogens is 247 g/mol. The molecule has 98 valence electrons. The van der Waals surface area contributed by atoms with Gasteiger partial charge in [-0.1, -0.05) is 0 Å². The van der Waals surface area contributed by atoms with Gasteiger partial charge in [0.05, 0.1) is 7.11 Å². The maximum Gasteiger partial charge on any atom is 0.414 e. The fourth-order valence-electron chi connectivity index (χ4n) is 1.73. The average Bonchev–Trinajstić information content (AvgIpc) is 2.68. The maximum atomic E-state index is 12.2. The monoisotopic (exact) mass is 259 g/mol. The second kappa shape index (κ2) is 4.53. The van der Waals surface area contributed by atoms with Gasteiger partial charge in [-0.3, -0.25) is 0 Å². The van der Waals surface area contributed by atoms with Gasteiger partial charge in [-0.15, -0.1) is 0 Å². The van der Waals surface area contributed by atoms with E-state index in [1.165, 1.54) is 7.11 Å². The van der Waals surface area contributed by atoms with E-state index in [2.05, 4.69) is 4.98 Å². The van der Waals surface area contributed by atoms with E-state index in [0.29, 0.717) is 17.0 Å². The van der Waals surface area contributed by atoms with E-state index in [1.807, 2.05) is 0 Å². The second-order valence-corrected chi connectivity index (χ2v) is 4.01. The minimum Gasteiger partial charge on any atom is -0.497 e. The number of nitrogens with one attached hydrogen (secondary N) is 1. The van der Waals surface area contributed by atoms with Crippen LogP contribution in [-0.4, -0.2) is 29.5 Å². The Balaban J connectivity index is 2.25. The zero-order chi connectivity index (χ0) is 13.3. The number of H-pyrrole nitrogens is 1. The number of aliphatic hydroxyl groups excluding tert-OH is 1. The molecule has 0 spiro atoms. The molecule has 0 saturated heterocycles. The molecule has 1 heterocycles. The molecule has 1 aromatic carbocycles. The Morgan fingerprint density at radius 2 is 2.06 bits per heavy atom. The fraction of sp³-hybridized carbons (Fsp3) is 0.333. The molecule has 1 aromatic heterocycles. The molecule has 6 heteroatoms. The highest BCUT2D eigenvalue weighted by Crippen LogP contribution is 2.25. The summed E-state index contributed by atoms with van der Waals surface area (Å²) in [7, 11) is 1.51. The minimum atomic E-state index is -4.60. The standard InChI is InChI=1S/C12H12F3NO2/c1-18-9-3-2-7-4-8(16-10(7)6-9)5-11(17)12(13,14)15/h2-4,6,11,16-17H,5H2,1H3. The van der Waals surface area contributed by atoms with Gasteiger partial charge in [0.2, 0.25) is 0 Å². The van der Waals surface area contributed by atoms with E-state index in [0.717, 1.165) is 5.39 Å². The Labute approximate surface area is 101 Å². The molecule has 18 heavy (non-hydrogen) atoms. The summed E-state index contributed by atoms with van der Waals surface area (Å²) in [6.45, 7) is 0. The van der Waals surface area contributed by atoms with Crippen molar-refractivity contribution in [1.82, 2.24) is 4.98 Å². The number of ether oxygens (including phenoxy) is 1. The molecule has 0 aliphatic carbocycles. The highest BCUT2D eigenvalue weighted by atomic mass is 19.4. The number of aromatic amines is 1. The highest BCUT2D eigenvalue weighted by Gasteiger charge is 2.38. The van der Waals surface area contributed by atoms with Crippen LogP contribution in [0, 0.1) is 0 Å². The number of hydrogen-bond acceptors (Lipinski definition) is 2. The van der Waals surface area contributed by atoms with Gasteiger partial charge < -0.3 is 14.8 Å². The Bertz CT molecular complexity index is 548.